The molecule has 4 N–H and O–H groups in total. The standard InChI is InChI=1S/C11H18N2S2/c1-4-14-8-6-7(3)9(12)11(10(8)13)15-5-2/h6H,4-5,12-13H2,1-3H3. The number of benzene rings is 1. The Morgan fingerprint density at radius 1 is 1.07 bits per heavy atom. The lowest BCUT2D eigenvalue weighted by Crippen LogP contribution is -2.00. The minimum Gasteiger partial charge on any atom is -0.398 e. The average Bonchev–Trinajstić information content (AvgIpc) is 2.21. The van der Waals surface area contributed by atoms with Crippen molar-refractivity contribution in [3.05, 3.63) is 11.6 Å². The molecule has 0 saturated heterocycles. The summed E-state index contributed by atoms with van der Waals surface area (Å²) in [4.78, 5) is 2.20. The first-order valence-electron chi connectivity index (χ1n) is 5.05. The molecule has 0 aliphatic carbocycles. The normalized spacial score (nSPS) is 10.6. The van der Waals surface area contributed by atoms with Gasteiger partial charge < -0.3 is 11.5 Å². The predicted molar refractivity (Wildman–Crippen MR) is 72.8 cm³/mol. The van der Waals surface area contributed by atoms with Crippen molar-refractivity contribution in [2.24, 2.45) is 0 Å². The van der Waals surface area contributed by atoms with Gasteiger partial charge in [-0.3, -0.25) is 0 Å². The van der Waals surface area contributed by atoms with Crippen LogP contribution in [0.3, 0.4) is 0 Å². The summed E-state index contributed by atoms with van der Waals surface area (Å²) in [5, 5.41) is 0. The van der Waals surface area contributed by atoms with Crippen molar-refractivity contribution in [1.29, 1.82) is 0 Å². The maximum absolute atomic E-state index is 6.10. The number of thioether (sulfide) groups is 2. The first-order chi connectivity index (χ1) is 7.11. The third-order valence-corrected chi connectivity index (χ3v) is 4.07. The van der Waals surface area contributed by atoms with Crippen LogP contribution in [0.1, 0.15) is 19.4 Å². The van der Waals surface area contributed by atoms with Crippen LogP contribution in [-0.2, 0) is 0 Å². The maximum Gasteiger partial charge on any atom is 0.0611 e. The van der Waals surface area contributed by atoms with Crippen LogP contribution < -0.4 is 11.5 Å². The number of rotatable bonds is 4. The number of hydrogen-bond acceptors (Lipinski definition) is 4. The van der Waals surface area contributed by atoms with E-state index in [4.69, 9.17) is 11.5 Å². The van der Waals surface area contributed by atoms with Crippen molar-refractivity contribution >= 4 is 34.9 Å². The Morgan fingerprint density at radius 3 is 2.20 bits per heavy atom. The van der Waals surface area contributed by atoms with Crippen LogP contribution in [0.5, 0.6) is 0 Å². The van der Waals surface area contributed by atoms with Gasteiger partial charge >= 0.3 is 0 Å². The molecule has 15 heavy (non-hydrogen) atoms. The number of anilines is 2. The molecule has 0 saturated carbocycles. The molecule has 4 heteroatoms. The van der Waals surface area contributed by atoms with Gasteiger partial charge in [-0.15, -0.1) is 23.5 Å². The second-order valence-electron chi connectivity index (χ2n) is 3.21. The lowest BCUT2D eigenvalue weighted by Gasteiger charge is -2.14. The van der Waals surface area contributed by atoms with E-state index in [1.807, 2.05) is 6.92 Å². The van der Waals surface area contributed by atoms with E-state index >= 15 is 0 Å². The minimum atomic E-state index is 0.833. The molecule has 0 atom stereocenters. The molecular formula is C11H18N2S2. The molecule has 2 nitrogen and oxygen atoms in total. The van der Waals surface area contributed by atoms with Crippen molar-refractivity contribution < 1.29 is 0 Å². The van der Waals surface area contributed by atoms with Gasteiger partial charge in [-0.2, -0.15) is 0 Å². The summed E-state index contributed by atoms with van der Waals surface area (Å²) in [7, 11) is 0. The van der Waals surface area contributed by atoms with Crippen LogP contribution in [0.25, 0.3) is 0 Å². The SMILES string of the molecule is CCSc1cc(C)c(N)c(SCC)c1N. The molecule has 0 heterocycles. The van der Waals surface area contributed by atoms with Crippen LogP contribution in [0.4, 0.5) is 11.4 Å². The van der Waals surface area contributed by atoms with Gasteiger partial charge in [0.1, 0.15) is 0 Å². The Kier molecular flexibility index (Phi) is 4.67. The minimum absolute atomic E-state index is 0.833. The number of nitrogen functional groups attached to an aromatic ring is 2. The second kappa shape index (κ2) is 5.56. The van der Waals surface area contributed by atoms with Crippen molar-refractivity contribution in [1.82, 2.24) is 0 Å². The first kappa shape index (κ1) is 12.6. The quantitative estimate of drug-likeness (QED) is 0.628. The summed E-state index contributed by atoms with van der Waals surface area (Å²) in [5.74, 6) is 2.03. The molecule has 0 aliphatic heterocycles. The van der Waals surface area contributed by atoms with Gasteiger partial charge in [0.15, 0.2) is 0 Å². The Morgan fingerprint density at radius 2 is 1.67 bits per heavy atom. The monoisotopic (exact) mass is 242 g/mol. The van der Waals surface area contributed by atoms with Gasteiger partial charge in [0.25, 0.3) is 0 Å². The molecule has 0 fully saturated rings. The Bertz CT molecular complexity index is 351. The molecule has 84 valence electrons. The van der Waals surface area contributed by atoms with Crippen LogP contribution in [0, 0.1) is 6.92 Å². The lowest BCUT2D eigenvalue weighted by molar-refractivity contribution is 1.27. The van der Waals surface area contributed by atoms with Crippen LogP contribution >= 0.6 is 23.5 Å². The summed E-state index contributed by atoms with van der Waals surface area (Å²) < 4.78 is 0. The molecule has 0 aromatic heterocycles. The summed E-state index contributed by atoms with van der Waals surface area (Å²) in [6.07, 6.45) is 0. The van der Waals surface area contributed by atoms with Crippen molar-refractivity contribution in [3.8, 4) is 0 Å². The highest BCUT2D eigenvalue weighted by atomic mass is 32.2. The molecule has 1 aromatic carbocycles. The number of nitrogens with two attached hydrogens (primary N) is 2. The zero-order valence-corrected chi connectivity index (χ0v) is 11.1. The maximum atomic E-state index is 6.10. The zero-order valence-electron chi connectivity index (χ0n) is 9.46. The Labute approximate surface area is 100 Å². The first-order valence-corrected chi connectivity index (χ1v) is 7.03. The molecule has 0 amide bonds. The molecule has 0 radical (unpaired) electrons. The van der Waals surface area contributed by atoms with Crippen molar-refractivity contribution in [2.75, 3.05) is 23.0 Å². The average molecular weight is 242 g/mol. The fourth-order valence-electron chi connectivity index (χ4n) is 1.36. The molecule has 1 aromatic rings. The smallest absolute Gasteiger partial charge is 0.0611 e. The number of aryl methyl sites for hydroxylation is 1. The zero-order chi connectivity index (χ0) is 11.4. The summed E-state index contributed by atoms with van der Waals surface area (Å²) in [5.41, 5.74) is 14.9. The van der Waals surface area contributed by atoms with E-state index in [9.17, 15) is 0 Å². The molecular weight excluding hydrogens is 224 g/mol. The van der Waals surface area contributed by atoms with E-state index < -0.39 is 0 Å². The van der Waals surface area contributed by atoms with Crippen molar-refractivity contribution in [2.45, 2.75) is 30.6 Å². The Balaban J connectivity index is 3.22. The molecule has 0 spiro atoms. The van der Waals surface area contributed by atoms with E-state index in [1.54, 1.807) is 23.5 Å². The topological polar surface area (TPSA) is 52.0 Å². The molecule has 0 bridgehead atoms. The highest BCUT2D eigenvalue weighted by Crippen LogP contribution is 2.39. The van der Waals surface area contributed by atoms with E-state index in [0.29, 0.717) is 0 Å². The lowest BCUT2D eigenvalue weighted by atomic mass is 10.2. The summed E-state index contributed by atoms with van der Waals surface area (Å²) in [6, 6.07) is 2.08. The van der Waals surface area contributed by atoms with Gasteiger partial charge in [-0.1, -0.05) is 13.8 Å². The largest absolute Gasteiger partial charge is 0.398 e. The summed E-state index contributed by atoms with van der Waals surface area (Å²) >= 11 is 3.49. The van der Waals surface area contributed by atoms with E-state index in [0.717, 1.165) is 38.2 Å². The van der Waals surface area contributed by atoms with E-state index in [1.165, 1.54) is 0 Å². The van der Waals surface area contributed by atoms with Gasteiger partial charge in [-0.25, -0.2) is 0 Å². The molecule has 1 rings (SSSR count). The van der Waals surface area contributed by atoms with Gasteiger partial charge in [0.05, 0.1) is 16.3 Å². The molecule has 0 unspecified atom stereocenters. The summed E-state index contributed by atoms with van der Waals surface area (Å²) in [6.45, 7) is 6.27. The third kappa shape index (κ3) is 2.75. The van der Waals surface area contributed by atoms with Crippen LogP contribution in [0.2, 0.25) is 0 Å². The van der Waals surface area contributed by atoms with Crippen molar-refractivity contribution in [3.63, 3.8) is 0 Å². The third-order valence-electron chi connectivity index (χ3n) is 2.12. The fraction of sp³-hybridized carbons (Fsp3) is 0.455. The molecule has 0 aliphatic rings. The highest BCUT2D eigenvalue weighted by molar-refractivity contribution is 8.00. The van der Waals surface area contributed by atoms with E-state index in [-0.39, 0.29) is 0 Å². The highest BCUT2D eigenvalue weighted by Gasteiger charge is 2.11. The predicted octanol–water partition coefficient (Wildman–Crippen LogP) is 3.38. The van der Waals surface area contributed by atoms with Crippen LogP contribution in [0.15, 0.2) is 15.9 Å². The van der Waals surface area contributed by atoms with Gasteiger partial charge in [0, 0.05) is 4.90 Å². The van der Waals surface area contributed by atoms with Crippen LogP contribution in [-0.4, -0.2) is 11.5 Å². The van der Waals surface area contributed by atoms with Gasteiger partial charge in [0.2, 0.25) is 0 Å². The fourth-order valence-corrected chi connectivity index (χ4v) is 3.13. The number of hydrogen-bond donors (Lipinski definition) is 2. The second-order valence-corrected chi connectivity index (χ2v) is 5.79. The van der Waals surface area contributed by atoms with Gasteiger partial charge in [-0.05, 0) is 30.1 Å². The Hall–Kier alpha value is -0.480. The van der Waals surface area contributed by atoms with E-state index in [2.05, 4.69) is 19.9 Å².